The van der Waals surface area contributed by atoms with Crippen molar-refractivity contribution in [2.45, 2.75) is 65.0 Å². The van der Waals surface area contributed by atoms with Crippen molar-refractivity contribution in [3.8, 4) is 0 Å². The molecule has 2 amide bonds. The van der Waals surface area contributed by atoms with Crippen LogP contribution < -0.4 is 15.9 Å². The van der Waals surface area contributed by atoms with Gasteiger partial charge >= 0.3 is 11.7 Å². The standard InChI is InChI=1S/C25H34N4O5/c1-15-14-28(11-10-16(15)12-22(31)34-25(2,3)4)17-6-7-18-20(13-17)27(5)24(33)29(18)19-8-9-21(30)26-23(19)32/h6-7,13,15-16,19H,8-12,14H2,1-5H3,(H,26,30,32)/t15-,16+,19?/m0/s1. The van der Waals surface area contributed by atoms with Gasteiger partial charge in [-0.15, -0.1) is 0 Å². The molecule has 0 radical (unpaired) electrons. The largest absolute Gasteiger partial charge is 0.460 e. The zero-order chi connectivity index (χ0) is 24.8. The van der Waals surface area contributed by atoms with Crippen LogP contribution in [0.5, 0.6) is 0 Å². The van der Waals surface area contributed by atoms with Crippen LogP contribution >= 0.6 is 0 Å². The van der Waals surface area contributed by atoms with Crippen LogP contribution in [0.15, 0.2) is 23.0 Å². The van der Waals surface area contributed by atoms with Crippen molar-refractivity contribution in [2.75, 3.05) is 18.0 Å². The maximum atomic E-state index is 13.0. The number of nitrogens with one attached hydrogen (secondary N) is 1. The molecule has 0 saturated carbocycles. The Labute approximate surface area is 199 Å². The molecule has 2 saturated heterocycles. The summed E-state index contributed by atoms with van der Waals surface area (Å²) in [4.78, 5) is 51.5. The van der Waals surface area contributed by atoms with Crippen molar-refractivity contribution in [2.24, 2.45) is 18.9 Å². The predicted octanol–water partition coefficient (Wildman–Crippen LogP) is 2.51. The van der Waals surface area contributed by atoms with Gasteiger partial charge in [-0.05, 0) is 63.6 Å². The number of aromatic nitrogens is 2. The molecule has 0 bridgehead atoms. The van der Waals surface area contributed by atoms with Crippen molar-refractivity contribution < 1.29 is 19.1 Å². The van der Waals surface area contributed by atoms with Gasteiger partial charge in [-0.3, -0.25) is 28.8 Å². The average Bonchev–Trinajstić information content (AvgIpc) is 2.98. The lowest BCUT2D eigenvalue weighted by atomic mass is 9.84. The van der Waals surface area contributed by atoms with Gasteiger partial charge in [-0.1, -0.05) is 6.92 Å². The predicted molar refractivity (Wildman–Crippen MR) is 129 cm³/mol. The Balaban J connectivity index is 1.52. The summed E-state index contributed by atoms with van der Waals surface area (Å²) in [6.45, 7) is 9.43. The maximum Gasteiger partial charge on any atom is 0.329 e. The van der Waals surface area contributed by atoms with E-state index in [1.165, 1.54) is 4.57 Å². The van der Waals surface area contributed by atoms with Crippen LogP contribution in [0, 0.1) is 11.8 Å². The lowest BCUT2D eigenvalue weighted by Gasteiger charge is -2.38. The van der Waals surface area contributed by atoms with E-state index in [1.54, 1.807) is 11.6 Å². The first-order chi connectivity index (χ1) is 15.9. The molecule has 2 aliphatic rings. The molecule has 2 aromatic rings. The lowest BCUT2D eigenvalue weighted by molar-refractivity contribution is -0.156. The molecule has 9 heteroatoms. The number of imide groups is 1. The molecular formula is C25H34N4O5. The number of carbonyl (C=O) groups is 3. The average molecular weight is 471 g/mol. The Morgan fingerprint density at radius 1 is 1.15 bits per heavy atom. The molecule has 2 aliphatic heterocycles. The molecule has 1 N–H and O–H groups in total. The number of hydrogen-bond donors (Lipinski definition) is 1. The molecule has 34 heavy (non-hydrogen) atoms. The number of ether oxygens (including phenoxy) is 1. The van der Waals surface area contributed by atoms with Gasteiger partial charge in [0.05, 0.1) is 11.0 Å². The second-order valence-electron chi connectivity index (χ2n) is 10.6. The number of aryl methyl sites for hydroxylation is 1. The zero-order valence-corrected chi connectivity index (χ0v) is 20.6. The van der Waals surface area contributed by atoms with E-state index in [2.05, 4.69) is 17.1 Å². The molecule has 3 atom stereocenters. The van der Waals surface area contributed by atoms with E-state index >= 15 is 0 Å². The summed E-state index contributed by atoms with van der Waals surface area (Å²) in [5.74, 6) is -0.303. The molecule has 3 heterocycles. The number of esters is 1. The highest BCUT2D eigenvalue weighted by Gasteiger charge is 2.32. The van der Waals surface area contributed by atoms with Gasteiger partial charge in [0, 0.05) is 38.7 Å². The van der Waals surface area contributed by atoms with E-state index in [1.807, 2.05) is 39.0 Å². The minimum Gasteiger partial charge on any atom is -0.460 e. The highest BCUT2D eigenvalue weighted by Crippen LogP contribution is 2.32. The summed E-state index contributed by atoms with van der Waals surface area (Å²) in [6.07, 6.45) is 1.84. The van der Waals surface area contributed by atoms with Crippen molar-refractivity contribution in [3.05, 3.63) is 28.7 Å². The van der Waals surface area contributed by atoms with E-state index in [4.69, 9.17) is 4.74 Å². The molecule has 1 aromatic carbocycles. The van der Waals surface area contributed by atoms with Crippen LogP contribution in [0.25, 0.3) is 11.0 Å². The van der Waals surface area contributed by atoms with Crippen LogP contribution in [0.1, 0.15) is 59.4 Å². The molecule has 1 unspecified atom stereocenters. The molecule has 4 rings (SSSR count). The van der Waals surface area contributed by atoms with Crippen molar-refractivity contribution in [1.29, 1.82) is 0 Å². The fourth-order valence-corrected chi connectivity index (χ4v) is 5.11. The Bertz CT molecular complexity index is 1190. The van der Waals surface area contributed by atoms with Gasteiger partial charge in [0.1, 0.15) is 11.6 Å². The minimum absolute atomic E-state index is 0.149. The summed E-state index contributed by atoms with van der Waals surface area (Å²) in [6, 6.07) is 5.15. The van der Waals surface area contributed by atoms with Gasteiger partial charge < -0.3 is 9.64 Å². The Morgan fingerprint density at radius 2 is 1.88 bits per heavy atom. The van der Waals surface area contributed by atoms with Gasteiger partial charge in [-0.25, -0.2) is 4.79 Å². The van der Waals surface area contributed by atoms with E-state index in [-0.39, 0.29) is 29.9 Å². The number of benzene rings is 1. The number of imidazole rings is 1. The minimum atomic E-state index is -0.691. The third-order valence-corrected chi connectivity index (χ3v) is 6.89. The molecule has 0 aliphatic carbocycles. The fourth-order valence-electron chi connectivity index (χ4n) is 5.11. The first-order valence-corrected chi connectivity index (χ1v) is 12.0. The lowest BCUT2D eigenvalue weighted by Crippen LogP contribution is -2.44. The zero-order valence-electron chi connectivity index (χ0n) is 20.6. The van der Waals surface area contributed by atoms with Crippen LogP contribution in [0.4, 0.5) is 5.69 Å². The topological polar surface area (TPSA) is 103 Å². The molecule has 0 spiro atoms. The van der Waals surface area contributed by atoms with Gasteiger partial charge in [0.2, 0.25) is 11.8 Å². The number of fused-ring (bicyclic) bond motifs is 1. The molecule has 1 aromatic heterocycles. The third kappa shape index (κ3) is 4.74. The van der Waals surface area contributed by atoms with Crippen molar-refractivity contribution in [1.82, 2.24) is 14.5 Å². The number of rotatable bonds is 4. The second kappa shape index (κ2) is 8.92. The number of nitrogens with zero attached hydrogens (tertiary/aromatic N) is 3. The van der Waals surface area contributed by atoms with Crippen molar-refractivity contribution >= 4 is 34.5 Å². The number of anilines is 1. The Hall–Kier alpha value is -3.10. The summed E-state index contributed by atoms with van der Waals surface area (Å²) in [7, 11) is 1.70. The SMILES string of the molecule is C[C@H]1CN(c2ccc3c(c2)n(C)c(=O)n3C2CCC(=O)NC2=O)CC[C@@H]1CC(=O)OC(C)(C)C. The fraction of sp³-hybridized carbons (Fsp3) is 0.600. The van der Waals surface area contributed by atoms with Gasteiger partial charge in [0.25, 0.3) is 0 Å². The van der Waals surface area contributed by atoms with Crippen LogP contribution in [-0.2, 0) is 26.2 Å². The van der Waals surface area contributed by atoms with Gasteiger partial charge in [-0.2, -0.15) is 0 Å². The molecule has 2 fully saturated rings. The van der Waals surface area contributed by atoms with Crippen LogP contribution in [0.2, 0.25) is 0 Å². The van der Waals surface area contributed by atoms with E-state index in [0.29, 0.717) is 24.3 Å². The maximum absolute atomic E-state index is 13.0. The smallest absolute Gasteiger partial charge is 0.329 e. The quantitative estimate of drug-likeness (QED) is 0.544. The molecule has 184 valence electrons. The highest BCUT2D eigenvalue weighted by atomic mass is 16.6. The number of piperidine rings is 2. The van der Waals surface area contributed by atoms with E-state index in [9.17, 15) is 19.2 Å². The number of carbonyl (C=O) groups excluding carboxylic acids is 3. The van der Waals surface area contributed by atoms with Crippen LogP contribution in [0.3, 0.4) is 0 Å². The molecular weight excluding hydrogens is 436 g/mol. The first-order valence-electron chi connectivity index (χ1n) is 12.0. The molecule has 9 nitrogen and oxygen atoms in total. The Morgan fingerprint density at radius 3 is 2.53 bits per heavy atom. The van der Waals surface area contributed by atoms with Gasteiger partial charge in [0.15, 0.2) is 0 Å². The normalized spacial score (nSPS) is 23.8. The third-order valence-electron chi connectivity index (χ3n) is 6.89. The monoisotopic (exact) mass is 470 g/mol. The van der Waals surface area contributed by atoms with E-state index < -0.39 is 17.6 Å². The number of hydrogen-bond acceptors (Lipinski definition) is 6. The second-order valence-corrected chi connectivity index (χ2v) is 10.6. The summed E-state index contributed by atoms with van der Waals surface area (Å²) >= 11 is 0. The summed E-state index contributed by atoms with van der Waals surface area (Å²) < 4.78 is 8.56. The van der Waals surface area contributed by atoms with Crippen molar-refractivity contribution in [3.63, 3.8) is 0 Å². The highest BCUT2D eigenvalue weighted by molar-refractivity contribution is 6.00. The first kappa shape index (κ1) is 24.0. The van der Waals surface area contributed by atoms with Crippen LogP contribution in [-0.4, -0.2) is 45.6 Å². The Kier molecular flexibility index (Phi) is 6.31. The van der Waals surface area contributed by atoms with E-state index in [0.717, 1.165) is 30.7 Å². The summed E-state index contributed by atoms with van der Waals surface area (Å²) in [5, 5.41) is 2.34. The number of amides is 2. The summed E-state index contributed by atoms with van der Waals surface area (Å²) in [5.41, 5.74) is 1.68.